The Morgan fingerprint density at radius 2 is 1.95 bits per heavy atom. The Kier molecular flexibility index (Phi) is 3.78. The number of nitrogens with zero attached hydrogens (tertiary/aromatic N) is 1. The SMILES string of the molecule is C=CCCN1C(=O)C(C2CC2)NC(=O)C1c1ccccc1. The Morgan fingerprint density at radius 1 is 1.24 bits per heavy atom. The summed E-state index contributed by atoms with van der Waals surface area (Å²) >= 11 is 0. The summed E-state index contributed by atoms with van der Waals surface area (Å²) in [7, 11) is 0. The topological polar surface area (TPSA) is 49.4 Å². The molecule has 4 nitrogen and oxygen atoms in total. The molecule has 3 rings (SSSR count). The molecule has 1 aliphatic carbocycles. The third kappa shape index (κ3) is 2.71. The predicted molar refractivity (Wildman–Crippen MR) is 80.4 cm³/mol. The molecule has 110 valence electrons. The van der Waals surface area contributed by atoms with Gasteiger partial charge in [-0.15, -0.1) is 6.58 Å². The summed E-state index contributed by atoms with van der Waals surface area (Å²) in [5.74, 6) is 0.305. The third-order valence-electron chi connectivity index (χ3n) is 4.19. The van der Waals surface area contributed by atoms with Crippen molar-refractivity contribution in [2.45, 2.75) is 31.3 Å². The van der Waals surface area contributed by atoms with Crippen LogP contribution < -0.4 is 5.32 Å². The van der Waals surface area contributed by atoms with Crippen molar-refractivity contribution in [1.82, 2.24) is 10.2 Å². The van der Waals surface area contributed by atoms with Crippen molar-refractivity contribution in [3.8, 4) is 0 Å². The Hall–Kier alpha value is -2.10. The lowest BCUT2D eigenvalue weighted by atomic mass is 9.97. The van der Waals surface area contributed by atoms with Crippen molar-refractivity contribution in [1.29, 1.82) is 0 Å². The minimum atomic E-state index is -0.520. The summed E-state index contributed by atoms with van der Waals surface area (Å²) in [6.07, 6.45) is 4.54. The lowest BCUT2D eigenvalue weighted by Crippen LogP contribution is -2.60. The highest BCUT2D eigenvalue weighted by atomic mass is 16.2. The van der Waals surface area contributed by atoms with Crippen molar-refractivity contribution in [3.05, 3.63) is 48.6 Å². The molecule has 0 spiro atoms. The fourth-order valence-electron chi connectivity index (χ4n) is 2.93. The maximum absolute atomic E-state index is 12.7. The van der Waals surface area contributed by atoms with Gasteiger partial charge in [-0.25, -0.2) is 0 Å². The molecule has 2 aliphatic rings. The maximum Gasteiger partial charge on any atom is 0.248 e. The summed E-state index contributed by atoms with van der Waals surface area (Å²) in [5.41, 5.74) is 0.863. The second kappa shape index (κ2) is 5.72. The second-order valence-corrected chi connectivity index (χ2v) is 5.75. The van der Waals surface area contributed by atoms with E-state index in [2.05, 4.69) is 11.9 Å². The summed E-state index contributed by atoms with van der Waals surface area (Å²) in [6.45, 7) is 4.26. The molecule has 0 radical (unpaired) electrons. The first-order valence-corrected chi connectivity index (χ1v) is 7.49. The molecule has 2 fully saturated rings. The molecule has 0 aromatic heterocycles. The van der Waals surface area contributed by atoms with Crippen LogP contribution in [0.4, 0.5) is 0 Å². The molecule has 1 aromatic carbocycles. The zero-order valence-corrected chi connectivity index (χ0v) is 12.0. The van der Waals surface area contributed by atoms with E-state index in [0.29, 0.717) is 18.9 Å². The van der Waals surface area contributed by atoms with Gasteiger partial charge in [-0.05, 0) is 30.7 Å². The van der Waals surface area contributed by atoms with Gasteiger partial charge in [0.15, 0.2) is 0 Å². The predicted octanol–water partition coefficient (Wildman–Crippen LogP) is 2.04. The van der Waals surface area contributed by atoms with Crippen LogP contribution in [0.5, 0.6) is 0 Å². The molecule has 1 aliphatic heterocycles. The van der Waals surface area contributed by atoms with Gasteiger partial charge in [0, 0.05) is 6.54 Å². The zero-order valence-electron chi connectivity index (χ0n) is 12.0. The lowest BCUT2D eigenvalue weighted by molar-refractivity contribution is -0.150. The Morgan fingerprint density at radius 3 is 2.57 bits per heavy atom. The number of carbonyl (C=O) groups is 2. The minimum Gasteiger partial charge on any atom is -0.342 e. The number of carbonyl (C=O) groups excluding carboxylic acids is 2. The minimum absolute atomic E-state index is 0.0489. The van der Waals surface area contributed by atoms with Crippen molar-refractivity contribution >= 4 is 11.8 Å². The van der Waals surface area contributed by atoms with E-state index in [1.165, 1.54) is 0 Å². The van der Waals surface area contributed by atoms with Crippen LogP contribution in [0, 0.1) is 5.92 Å². The van der Waals surface area contributed by atoms with Gasteiger partial charge in [0.25, 0.3) is 0 Å². The fraction of sp³-hybridized carbons (Fsp3) is 0.412. The molecule has 2 atom stereocenters. The molecule has 2 unspecified atom stereocenters. The molecule has 4 heteroatoms. The van der Waals surface area contributed by atoms with E-state index in [1.807, 2.05) is 30.3 Å². The Balaban J connectivity index is 1.90. The van der Waals surface area contributed by atoms with E-state index in [4.69, 9.17) is 0 Å². The smallest absolute Gasteiger partial charge is 0.248 e. The van der Waals surface area contributed by atoms with E-state index in [1.54, 1.807) is 11.0 Å². The van der Waals surface area contributed by atoms with E-state index in [-0.39, 0.29) is 17.9 Å². The first kappa shape index (κ1) is 13.9. The van der Waals surface area contributed by atoms with Crippen LogP contribution in [-0.4, -0.2) is 29.3 Å². The quantitative estimate of drug-likeness (QED) is 0.841. The molecule has 0 bridgehead atoms. The second-order valence-electron chi connectivity index (χ2n) is 5.75. The van der Waals surface area contributed by atoms with Gasteiger partial charge in [0.1, 0.15) is 12.1 Å². The highest BCUT2D eigenvalue weighted by Gasteiger charge is 2.46. The summed E-state index contributed by atoms with van der Waals surface area (Å²) in [4.78, 5) is 27.0. The average molecular weight is 284 g/mol. The number of benzene rings is 1. The van der Waals surface area contributed by atoms with Crippen molar-refractivity contribution < 1.29 is 9.59 Å². The first-order chi connectivity index (χ1) is 10.2. The van der Waals surface area contributed by atoms with E-state index >= 15 is 0 Å². The molecular formula is C17H20N2O2. The number of hydrogen-bond acceptors (Lipinski definition) is 2. The number of amides is 2. The van der Waals surface area contributed by atoms with Crippen molar-refractivity contribution in [2.75, 3.05) is 6.54 Å². The Labute approximate surface area is 124 Å². The molecule has 1 N–H and O–H groups in total. The molecule has 1 saturated carbocycles. The monoisotopic (exact) mass is 284 g/mol. The average Bonchev–Trinajstić information content (AvgIpc) is 3.33. The van der Waals surface area contributed by atoms with Gasteiger partial charge in [0.05, 0.1) is 0 Å². The van der Waals surface area contributed by atoms with E-state index in [9.17, 15) is 9.59 Å². The third-order valence-corrected chi connectivity index (χ3v) is 4.19. The number of nitrogens with one attached hydrogen (secondary N) is 1. The summed E-state index contributed by atoms with van der Waals surface area (Å²) < 4.78 is 0. The number of hydrogen-bond donors (Lipinski definition) is 1. The van der Waals surface area contributed by atoms with Gasteiger partial charge < -0.3 is 10.2 Å². The van der Waals surface area contributed by atoms with Crippen LogP contribution in [-0.2, 0) is 9.59 Å². The van der Waals surface area contributed by atoms with E-state index in [0.717, 1.165) is 18.4 Å². The molecular weight excluding hydrogens is 264 g/mol. The Bertz CT molecular complexity index is 551. The number of rotatable bonds is 5. The van der Waals surface area contributed by atoms with Gasteiger partial charge in [-0.2, -0.15) is 0 Å². The molecule has 1 aromatic rings. The molecule has 21 heavy (non-hydrogen) atoms. The van der Waals surface area contributed by atoms with Gasteiger partial charge >= 0.3 is 0 Å². The van der Waals surface area contributed by atoms with Crippen molar-refractivity contribution in [3.63, 3.8) is 0 Å². The zero-order chi connectivity index (χ0) is 14.8. The normalized spacial score (nSPS) is 25.6. The first-order valence-electron chi connectivity index (χ1n) is 7.49. The highest BCUT2D eigenvalue weighted by molar-refractivity contribution is 5.98. The summed E-state index contributed by atoms with van der Waals surface area (Å²) in [6, 6.07) is 8.65. The van der Waals surface area contributed by atoms with Crippen LogP contribution in [0.15, 0.2) is 43.0 Å². The molecule has 1 heterocycles. The van der Waals surface area contributed by atoms with Crippen molar-refractivity contribution in [2.24, 2.45) is 5.92 Å². The van der Waals surface area contributed by atoms with Crippen LogP contribution in [0.3, 0.4) is 0 Å². The molecule has 2 amide bonds. The molecule has 1 saturated heterocycles. The van der Waals surface area contributed by atoms with Crippen LogP contribution in [0.2, 0.25) is 0 Å². The summed E-state index contributed by atoms with van der Waals surface area (Å²) in [5, 5.41) is 2.93. The van der Waals surface area contributed by atoms with Crippen LogP contribution >= 0.6 is 0 Å². The standard InChI is InChI=1S/C17H20N2O2/c1-2-3-11-19-15(13-7-5-4-6-8-13)16(20)18-14(17(19)21)12-9-10-12/h2,4-8,12,14-15H,1,3,9-11H2,(H,18,20). The van der Waals surface area contributed by atoms with Gasteiger partial charge in [0.2, 0.25) is 11.8 Å². The fourth-order valence-corrected chi connectivity index (χ4v) is 2.93. The van der Waals surface area contributed by atoms with Crippen LogP contribution in [0.1, 0.15) is 30.9 Å². The van der Waals surface area contributed by atoms with Crippen LogP contribution in [0.25, 0.3) is 0 Å². The maximum atomic E-state index is 12.7. The lowest BCUT2D eigenvalue weighted by Gasteiger charge is -2.39. The number of piperazine rings is 1. The van der Waals surface area contributed by atoms with E-state index < -0.39 is 6.04 Å². The van der Waals surface area contributed by atoms with Gasteiger partial charge in [-0.1, -0.05) is 36.4 Å². The van der Waals surface area contributed by atoms with Gasteiger partial charge in [-0.3, -0.25) is 9.59 Å². The highest BCUT2D eigenvalue weighted by Crippen LogP contribution is 2.37. The largest absolute Gasteiger partial charge is 0.342 e.